The molecule has 1 aromatic carbocycles. The van der Waals surface area contributed by atoms with Crippen molar-refractivity contribution < 1.29 is 13.2 Å². The number of hydrogen-bond donors (Lipinski definition) is 2. The highest BCUT2D eigenvalue weighted by atomic mass is 32.2. The summed E-state index contributed by atoms with van der Waals surface area (Å²) in [6, 6.07) is 5.74. The first kappa shape index (κ1) is 19.2. The van der Waals surface area contributed by atoms with Crippen LogP contribution in [0.15, 0.2) is 18.2 Å². The topological polar surface area (TPSA) is 93.6 Å². The summed E-state index contributed by atoms with van der Waals surface area (Å²) >= 11 is 0. The number of nitrogens with zero attached hydrogens (tertiary/aromatic N) is 2. The first-order chi connectivity index (χ1) is 13.4. The van der Waals surface area contributed by atoms with E-state index in [1.165, 1.54) is 6.42 Å². The van der Waals surface area contributed by atoms with Crippen molar-refractivity contribution in [2.45, 2.75) is 32.1 Å². The van der Waals surface area contributed by atoms with Gasteiger partial charge in [-0.2, -0.15) is 0 Å². The molecule has 2 saturated heterocycles. The van der Waals surface area contributed by atoms with Crippen molar-refractivity contribution >= 4 is 33.0 Å². The van der Waals surface area contributed by atoms with Crippen LogP contribution in [0.3, 0.4) is 0 Å². The van der Waals surface area contributed by atoms with Crippen LogP contribution in [-0.4, -0.2) is 62.7 Å². The minimum absolute atomic E-state index is 0.0775. The van der Waals surface area contributed by atoms with E-state index in [0.717, 1.165) is 55.7 Å². The lowest BCUT2D eigenvalue weighted by molar-refractivity contribution is -0.117. The number of amides is 1. The Morgan fingerprint density at radius 1 is 1.04 bits per heavy atom. The molecular formula is C20H28N4O3S. The SMILES string of the molecule is N=C(c1ccc(NC(=O)C2CC2)cc1N1CCCCC1)N1CCS(=O)(=O)CC1. The number of anilines is 2. The van der Waals surface area contributed by atoms with E-state index in [0.29, 0.717) is 18.9 Å². The fraction of sp³-hybridized carbons (Fsp3) is 0.600. The third-order valence-corrected chi connectivity index (χ3v) is 7.44. The average Bonchev–Trinajstić information content (AvgIpc) is 3.53. The zero-order chi connectivity index (χ0) is 19.7. The Labute approximate surface area is 166 Å². The summed E-state index contributed by atoms with van der Waals surface area (Å²) in [5.74, 6) is 0.796. The fourth-order valence-corrected chi connectivity index (χ4v) is 5.10. The Morgan fingerprint density at radius 2 is 1.71 bits per heavy atom. The van der Waals surface area contributed by atoms with Gasteiger partial charge in [-0.3, -0.25) is 10.2 Å². The second-order valence-electron chi connectivity index (χ2n) is 8.03. The van der Waals surface area contributed by atoms with Crippen LogP contribution in [0.2, 0.25) is 0 Å². The molecular weight excluding hydrogens is 376 g/mol. The lowest BCUT2D eigenvalue weighted by Crippen LogP contribution is -2.44. The third kappa shape index (κ3) is 4.32. The highest BCUT2D eigenvalue weighted by Gasteiger charge is 2.30. The normalized spacial score (nSPS) is 22.0. The third-order valence-electron chi connectivity index (χ3n) is 5.83. The number of benzene rings is 1. The molecule has 0 atom stereocenters. The van der Waals surface area contributed by atoms with Gasteiger partial charge in [0, 0.05) is 49.0 Å². The van der Waals surface area contributed by atoms with Crippen LogP contribution < -0.4 is 10.2 Å². The summed E-state index contributed by atoms with van der Waals surface area (Å²) in [6.45, 7) is 2.60. The first-order valence-corrected chi connectivity index (χ1v) is 12.0. The first-order valence-electron chi connectivity index (χ1n) is 10.2. The molecule has 1 saturated carbocycles. The van der Waals surface area contributed by atoms with Crippen LogP contribution in [0.4, 0.5) is 11.4 Å². The molecule has 0 spiro atoms. The van der Waals surface area contributed by atoms with Crippen LogP contribution in [0, 0.1) is 11.3 Å². The van der Waals surface area contributed by atoms with E-state index in [4.69, 9.17) is 5.41 Å². The number of amidine groups is 1. The van der Waals surface area contributed by atoms with E-state index in [-0.39, 0.29) is 23.3 Å². The number of nitrogens with one attached hydrogen (secondary N) is 2. The molecule has 3 aliphatic rings. The van der Waals surface area contributed by atoms with Crippen molar-refractivity contribution in [1.29, 1.82) is 5.41 Å². The molecule has 0 unspecified atom stereocenters. The van der Waals surface area contributed by atoms with E-state index < -0.39 is 9.84 Å². The standard InChI is InChI=1S/C20H28N4O3S/c21-19(24-10-12-28(26,27)13-11-24)17-7-6-16(22-20(25)15-4-5-15)14-18(17)23-8-2-1-3-9-23/h6-7,14-15,21H,1-5,8-13H2,(H,22,25). The van der Waals surface area contributed by atoms with Crippen molar-refractivity contribution in [2.75, 3.05) is 47.9 Å². The van der Waals surface area contributed by atoms with Crippen LogP contribution >= 0.6 is 0 Å². The Morgan fingerprint density at radius 3 is 2.36 bits per heavy atom. The van der Waals surface area contributed by atoms with Crippen molar-refractivity contribution in [3.05, 3.63) is 23.8 Å². The van der Waals surface area contributed by atoms with Crippen LogP contribution in [0.5, 0.6) is 0 Å². The molecule has 4 rings (SSSR count). The van der Waals surface area contributed by atoms with E-state index in [1.807, 2.05) is 23.1 Å². The largest absolute Gasteiger partial charge is 0.371 e. The summed E-state index contributed by atoms with van der Waals surface area (Å²) in [6.07, 6.45) is 5.38. The molecule has 2 aliphatic heterocycles. The molecule has 1 amide bonds. The maximum Gasteiger partial charge on any atom is 0.227 e. The van der Waals surface area contributed by atoms with Gasteiger partial charge in [-0.25, -0.2) is 8.42 Å². The van der Waals surface area contributed by atoms with E-state index in [2.05, 4.69) is 10.2 Å². The Bertz CT molecular complexity index is 859. The van der Waals surface area contributed by atoms with E-state index in [9.17, 15) is 13.2 Å². The smallest absolute Gasteiger partial charge is 0.227 e. The van der Waals surface area contributed by atoms with Gasteiger partial charge in [0.2, 0.25) is 5.91 Å². The number of hydrogen-bond acceptors (Lipinski definition) is 5. The quantitative estimate of drug-likeness (QED) is 0.592. The Hall–Kier alpha value is -2.09. The zero-order valence-corrected chi connectivity index (χ0v) is 16.9. The van der Waals surface area contributed by atoms with Gasteiger partial charge in [-0.05, 0) is 50.3 Å². The number of carbonyl (C=O) groups excluding carboxylic acids is 1. The lowest BCUT2D eigenvalue weighted by Gasteiger charge is -2.34. The second kappa shape index (κ2) is 7.73. The van der Waals surface area contributed by atoms with Crippen molar-refractivity contribution in [1.82, 2.24) is 4.90 Å². The molecule has 1 aromatic rings. The molecule has 7 nitrogen and oxygen atoms in total. The van der Waals surface area contributed by atoms with Gasteiger partial charge in [-0.1, -0.05) is 0 Å². The maximum atomic E-state index is 12.2. The summed E-state index contributed by atoms with van der Waals surface area (Å²) in [5, 5.41) is 11.7. The fourth-order valence-electron chi connectivity index (χ4n) is 3.90. The molecule has 152 valence electrons. The van der Waals surface area contributed by atoms with Crippen LogP contribution in [0.1, 0.15) is 37.7 Å². The van der Waals surface area contributed by atoms with Gasteiger partial charge in [0.25, 0.3) is 0 Å². The molecule has 0 aromatic heterocycles. The zero-order valence-electron chi connectivity index (χ0n) is 16.1. The van der Waals surface area contributed by atoms with Gasteiger partial charge in [0.05, 0.1) is 11.5 Å². The summed E-state index contributed by atoms with van der Waals surface area (Å²) in [5.41, 5.74) is 2.55. The Kier molecular flexibility index (Phi) is 5.31. The highest BCUT2D eigenvalue weighted by molar-refractivity contribution is 7.91. The van der Waals surface area contributed by atoms with Gasteiger partial charge < -0.3 is 15.1 Å². The van der Waals surface area contributed by atoms with Gasteiger partial charge in [0.15, 0.2) is 9.84 Å². The molecule has 2 heterocycles. The monoisotopic (exact) mass is 404 g/mol. The van der Waals surface area contributed by atoms with E-state index >= 15 is 0 Å². The maximum absolute atomic E-state index is 12.2. The van der Waals surface area contributed by atoms with Crippen molar-refractivity contribution in [3.8, 4) is 0 Å². The second-order valence-corrected chi connectivity index (χ2v) is 10.3. The van der Waals surface area contributed by atoms with Gasteiger partial charge in [0.1, 0.15) is 5.84 Å². The highest BCUT2D eigenvalue weighted by Crippen LogP contribution is 2.32. The van der Waals surface area contributed by atoms with E-state index in [1.54, 1.807) is 0 Å². The number of piperidine rings is 1. The summed E-state index contributed by atoms with van der Waals surface area (Å²) < 4.78 is 23.5. The van der Waals surface area contributed by atoms with Gasteiger partial charge in [-0.15, -0.1) is 0 Å². The van der Waals surface area contributed by atoms with Crippen LogP contribution in [-0.2, 0) is 14.6 Å². The number of rotatable bonds is 4. The minimum Gasteiger partial charge on any atom is -0.371 e. The summed E-state index contributed by atoms with van der Waals surface area (Å²) in [7, 11) is -2.98. The van der Waals surface area contributed by atoms with Gasteiger partial charge >= 0.3 is 0 Å². The molecule has 0 bridgehead atoms. The minimum atomic E-state index is -2.98. The summed E-state index contributed by atoms with van der Waals surface area (Å²) in [4.78, 5) is 16.3. The van der Waals surface area contributed by atoms with Crippen molar-refractivity contribution in [3.63, 3.8) is 0 Å². The van der Waals surface area contributed by atoms with Crippen LogP contribution in [0.25, 0.3) is 0 Å². The molecule has 1 aliphatic carbocycles. The molecule has 8 heteroatoms. The predicted molar refractivity (Wildman–Crippen MR) is 111 cm³/mol. The molecule has 2 N–H and O–H groups in total. The predicted octanol–water partition coefficient (Wildman–Crippen LogP) is 2.08. The number of sulfone groups is 1. The Balaban J connectivity index is 1.59. The lowest BCUT2D eigenvalue weighted by atomic mass is 10.0. The average molecular weight is 405 g/mol. The molecule has 28 heavy (non-hydrogen) atoms. The van der Waals surface area contributed by atoms with Crippen molar-refractivity contribution in [2.24, 2.45) is 5.92 Å². The molecule has 0 radical (unpaired) electrons. The molecule has 3 fully saturated rings. The number of carbonyl (C=O) groups is 1.